The molecule has 4 rings (SSSR count). The van der Waals surface area contributed by atoms with Crippen molar-refractivity contribution in [1.29, 1.82) is 0 Å². The number of amides is 1. The molecule has 6 heteroatoms. The normalized spacial score (nSPS) is 14.5. The number of hydrogen-bond acceptors (Lipinski definition) is 5. The molecule has 1 heterocycles. The maximum Gasteiger partial charge on any atom is 0.227 e. The van der Waals surface area contributed by atoms with E-state index in [1.807, 2.05) is 67.6 Å². The molecule has 6 nitrogen and oxygen atoms in total. The van der Waals surface area contributed by atoms with Crippen LogP contribution in [0.2, 0.25) is 0 Å². The zero-order valence-electron chi connectivity index (χ0n) is 19.8. The van der Waals surface area contributed by atoms with Crippen LogP contribution in [0.1, 0.15) is 25.3 Å². The van der Waals surface area contributed by atoms with Gasteiger partial charge in [-0.3, -0.25) is 9.69 Å². The van der Waals surface area contributed by atoms with Gasteiger partial charge in [0.05, 0.1) is 13.7 Å². The van der Waals surface area contributed by atoms with E-state index in [1.54, 1.807) is 13.2 Å². The van der Waals surface area contributed by atoms with E-state index in [2.05, 4.69) is 10.2 Å². The Morgan fingerprint density at radius 2 is 1.76 bits per heavy atom. The summed E-state index contributed by atoms with van der Waals surface area (Å²) < 4.78 is 10.8. The van der Waals surface area contributed by atoms with Crippen molar-refractivity contribution in [2.24, 2.45) is 5.92 Å². The van der Waals surface area contributed by atoms with Crippen LogP contribution in [0.4, 0.5) is 5.69 Å². The Hall–Kier alpha value is -3.51. The lowest BCUT2D eigenvalue weighted by Gasteiger charge is -2.31. The van der Waals surface area contributed by atoms with Crippen molar-refractivity contribution in [3.8, 4) is 28.4 Å². The molecule has 1 amide bonds. The number of phenolic OH excluding ortho intramolecular Hbond substituents is 1. The summed E-state index contributed by atoms with van der Waals surface area (Å²) in [6.45, 7) is 4.90. The van der Waals surface area contributed by atoms with Gasteiger partial charge in [0.1, 0.15) is 5.75 Å². The first-order valence-corrected chi connectivity index (χ1v) is 11.8. The fraction of sp³-hybridized carbons (Fsp3) is 0.321. The van der Waals surface area contributed by atoms with Crippen LogP contribution in [0.5, 0.6) is 17.2 Å². The summed E-state index contributed by atoms with van der Waals surface area (Å²) in [5.41, 5.74) is 3.98. The fourth-order valence-corrected chi connectivity index (χ4v) is 4.36. The molecule has 0 spiro atoms. The number of methoxy groups -OCH3 is 1. The number of carbonyl (C=O) groups excluding carboxylic acids is 1. The molecule has 3 aromatic carbocycles. The highest BCUT2D eigenvalue weighted by Gasteiger charge is 2.25. The zero-order chi connectivity index (χ0) is 23.9. The van der Waals surface area contributed by atoms with Gasteiger partial charge in [-0.2, -0.15) is 0 Å². The van der Waals surface area contributed by atoms with Gasteiger partial charge in [-0.15, -0.1) is 0 Å². The number of likely N-dealkylation sites (tertiary alicyclic amines) is 1. The van der Waals surface area contributed by atoms with Crippen LogP contribution < -0.4 is 14.8 Å². The highest BCUT2D eigenvalue weighted by Crippen LogP contribution is 2.29. The number of phenols is 1. The van der Waals surface area contributed by atoms with Crippen molar-refractivity contribution in [3.05, 3.63) is 72.3 Å². The molecule has 1 saturated heterocycles. The van der Waals surface area contributed by atoms with Crippen LogP contribution >= 0.6 is 0 Å². The number of rotatable bonds is 8. The Bertz CT molecular complexity index is 1120. The predicted octanol–water partition coefficient (Wildman–Crippen LogP) is 5.32. The van der Waals surface area contributed by atoms with Crippen LogP contribution in [-0.4, -0.2) is 42.7 Å². The van der Waals surface area contributed by atoms with Gasteiger partial charge >= 0.3 is 0 Å². The summed E-state index contributed by atoms with van der Waals surface area (Å²) in [6.07, 6.45) is 1.63. The average molecular weight is 461 g/mol. The molecule has 0 unspecified atom stereocenters. The van der Waals surface area contributed by atoms with Gasteiger partial charge < -0.3 is 19.9 Å². The maximum absolute atomic E-state index is 12.9. The van der Waals surface area contributed by atoms with E-state index in [9.17, 15) is 9.90 Å². The molecule has 0 saturated carbocycles. The minimum atomic E-state index is -0.00414. The number of aromatic hydroxyl groups is 1. The summed E-state index contributed by atoms with van der Waals surface area (Å²) >= 11 is 0. The number of benzene rings is 3. The van der Waals surface area contributed by atoms with Gasteiger partial charge in [0.15, 0.2) is 11.5 Å². The van der Waals surface area contributed by atoms with E-state index in [1.165, 1.54) is 0 Å². The standard InChI is InChI=1S/C28H32N2O4/c1-3-34-27-16-20(10-11-26(27)31)19-30-14-12-21(13-15-30)28(32)29-24-8-4-6-22(17-24)23-7-5-9-25(18-23)33-2/h4-11,16-18,21,31H,3,12-15,19H2,1-2H3,(H,29,32). The van der Waals surface area contributed by atoms with Crippen molar-refractivity contribution in [2.45, 2.75) is 26.3 Å². The molecule has 3 aromatic rings. The highest BCUT2D eigenvalue weighted by atomic mass is 16.5. The van der Waals surface area contributed by atoms with E-state index in [4.69, 9.17) is 9.47 Å². The van der Waals surface area contributed by atoms with Gasteiger partial charge in [-0.25, -0.2) is 0 Å². The largest absolute Gasteiger partial charge is 0.504 e. The number of carbonyl (C=O) groups is 1. The summed E-state index contributed by atoms with van der Waals surface area (Å²) in [5.74, 6) is 1.56. The first-order valence-electron chi connectivity index (χ1n) is 11.8. The Labute approximate surface area is 201 Å². The van der Waals surface area contributed by atoms with E-state index in [0.717, 1.165) is 60.6 Å². The number of nitrogens with one attached hydrogen (secondary N) is 1. The lowest BCUT2D eigenvalue weighted by Crippen LogP contribution is -2.37. The second-order valence-electron chi connectivity index (χ2n) is 8.59. The summed E-state index contributed by atoms with van der Waals surface area (Å²) in [5, 5.41) is 13.0. The Morgan fingerprint density at radius 1 is 1.03 bits per heavy atom. The lowest BCUT2D eigenvalue weighted by atomic mass is 9.95. The predicted molar refractivity (Wildman–Crippen MR) is 134 cm³/mol. The summed E-state index contributed by atoms with van der Waals surface area (Å²) in [4.78, 5) is 15.3. The molecule has 1 aliphatic rings. The van der Waals surface area contributed by atoms with E-state index >= 15 is 0 Å². The van der Waals surface area contributed by atoms with Crippen LogP contribution in [-0.2, 0) is 11.3 Å². The van der Waals surface area contributed by atoms with Crippen molar-refractivity contribution < 1.29 is 19.4 Å². The number of anilines is 1. The third-order valence-corrected chi connectivity index (χ3v) is 6.22. The number of hydrogen-bond donors (Lipinski definition) is 2. The quantitative estimate of drug-likeness (QED) is 0.476. The SMILES string of the molecule is CCOc1cc(CN2CCC(C(=O)Nc3cccc(-c4cccc(OC)c4)c3)CC2)ccc1O. The Balaban J connectivity index is 1.32. The minimum absolute atomic E-state index is 0.00414. The first-order chi connectivity index (χ1) is 16.6. The van der Waals surface area contributed by atoms with Crippen LogP contribution in [0.3, 0.4) is 0 Å². The second kappa shape index (κ2) is 11.1. The molecule has 0 atom stereocenters. The van der Waals surface area contributed by atoms with E-state index in [0.29, 0.717) is 12.4 Å². The third kappa shape index (κ3) is 5.88. The van der Waals surface area contributed by atoms with E-state index in [-0.39, 0.29) is 17.6 Å². The topological polar surface area (TPSA) is 71.0 Å². The number of nitrogens with zero attached hydrogens (tertiary/aromatic N) is 1. The Morgan fingerprint density at radius 3 is 2.50 bits per heavy atom. The van der Waals surface area contributed by atoms with Crippen LogP contribution in [0.25, 0.3) is 11.1 Å². The van der Waals surface area contributed by atoms with Gasteiger partial charge in [0.25, 0.3) is 0 Å². The lowest BCUT2D eigenvalue weighted by molar-refractivity contribution is -0.121. The van der Waals surface area contributed by atoms with Crippen molar-refractivity contribution in [2.75, 3.05) is 32.1 Å². The number of ether oxygens (including phenoxy) is 2. The molecule has 1 fully saturated rings. The molecular weight excluding hydrogens is 428 g/mol. The first kappa shape index (κ1) is 23.6. The van der Waals surface area contributed by atoms with Crippen LogP contribution in [0, 0.1) is 5.92 Å². The molecular formula is C28H32N2O4. The highest BCUT2D eigenvalue weighted by molar-refractivity contribution is 5.93. The van der Waals surface area contributed by atoms with Gasteiger partial charge in [0, 0.05) is 18.2 Å². The summed E-state index contributed by atoms with van der Waals surface area (Å²) in [6, 6.07) is 21.3. The average Bonchev–Trinajstić information content (AvgIpc) is 2.87. The molecule has 178 valence electrons. The Kier molecular flexibility index (Phi) is 7.70. The molecule has 0 radical (unpaired) electrons. The van der Waals surface area contributed by atoms with E-state index < -0.39 is 0 Å². The second-order valence-corrected chi connectivity index (χ2v) is 8.59. The monoisotopic (exact) mass is 460 g/mol. The molecule has 2 N–H and O–H groups in total. The van der Waals surface area contributed by atoms with Crippen molar-refractivity contribution >= 4 is 11.6 Å². The van der Waals surface area contributed by atoms with Crippen molar-refractivity contribution in [3.63, 3.8) is 0 Å². The minimum Gasteiger partial charge on any atom is -0.504 e. The smallest absolute Gasteiger partial charge is 0.227 e. The molecule has 0 bridgehead atoms. The van der Waals surface area contributed by atoms with Gasteiger partial charge in [0.2, 0.25) is 5.91 Å². The molecule has 1 aliphatic heterocycles. The molecule has 0 aromatic heterocycles. The van der Waals surface area contributed by atoms with Gasteiger partial charge in [-0.1, -0.05) is 30.3 Å². The maximum atomic E-state index is 12.9. The molecule has 0 aliphatic carbocycles. The summed E-state index contributed by atoms with van der Waals surface area (Å²) in [7, 11) is 1.66. The fourth-order valence-electron chi connectivity index (χ4n) is 4.36. The zero-order valence-corrected chi connectivity index (χ0v) is 19.8. The number of piperidine rings is 1. The van der Waals surface area contributed by atoms with Crippen molar-refractivity contribution in [1.82, 2.24) is 4.90 Å². The third-order valence-electron chi connectivity index (χ3n) is 6.22. The van der Waals surface area contributed by atoms with Gasteiger partial charge in [-0.05, 0) is 85.9 Å². The van der Waals surface area contributed by atoms with Crippen LogP contribution in [0.15, 0.2) is 66.7 Å². The molecule has 34 heavy (non-hydrogen) atoms.